The lowest BCUT2D eigenvalue weighted by atomic mass is 10.1. The van der Waals surface area contributed by atoms with Crippen LogP contribution in [-0.2, 0) is 9.47 Å². The van der Waals surface area contributed by atoms with Crippen LogP contribution >= 0.6 is 0 Å². The average Bonchev–Trinajstić information content (AvgIpc) is 2.34. The van der Waals surface area contributed by atoms with Crippen LogP contribution in [0.1, 0.15) is 59.8 Å². The first-order chi connectivity index (χ1) is 9.39. The van der Waals surface area contributed by atoms with Gasteiger partial charge in [-0.05, 0) is 46.5 Å². The summed E-state index contributed by atoms with van der Waals surface area (Å²) in [6.07, 6.45) is 4.35. The van der Waals surface area contributed by atoms with Gasteiger partial charge in [0.25, 0.3) is 0 Å². The highest BCUT2D eigenvalue weighted by Crippen LogP contribution is 2.08. The summed E-state index contributed by atoms with van der Waals surface area (Å²) in [5.41, 5.74) is -0.517. The lowest BCUT2D eigenvalue weighted by Gasteiger charge is -2.22. The van der Waals surface area contributed by atoms with Crippen molar-refractivity contribution in [3.05, 3.63) is 0 Å². The van der Waals surface area contributed by atoms with Crippen LogP contribution in [0.5, 0.6) is 0 Å². The second kappa shape index (κ2) is 10.9. The molecule has 0 aromatic heterocycles. The molecular weight excluding hydrogens is 258 g/mol. The molecule has 0 rings (SSSR count). The summed E-state index contributed by atoms with van der Waals surface area (Å²) in [5, 5.41) is 11.9. The number of alkyl carbamates (subject to hydrolysis) is 1. The molecule has 0 heterocycles. The van der Waals surface area contributed by atoms with E-state index in [-0.39, 0.29) is 12.6 Å². The Morgan fingerprint density at radius 3 is 2.40 bits per heavy atom. The van der Waals surface area contributed by atoms with Crippen LogP contribution in [0.15, 0.2) is 0 Å². The molecule has 5 heteroatoms. The summed E-state index contributed by atoms with van der Waals surface area (Å²) in [6, 6.07) is -0.250. The molecule has 0 radical (unpaired) electrons. The molecule has 1 atom stereocenters. The Bertz CT molecular complexity index is 251. The van der Waals surface area contributed by atoms with E-state index in [1.807, 2.05) is 20.8 Å². The van der Waals surface area contributed by atoms with Crippen molar-refractivity contribution in [3.63, 3.8) is 0 Å². The van der Waals surface area contributed by atoms with Gasteiger partial charge in [0.1, 0.15) is 5.60 Å². The third-order valence-electron chi connectivity index (χ3n) is 2.67. The van der Waals surface area contributed by atoms with Gasteiger partial charge in [0, 0.05) is 13.2 Å². The number of hydrogen-bond donors (Lipinski definition) is 2. The van der Waals surface area contributed by atoms with Crippen molar-refractivity contribution in [3.8, 4) is 0 Å². The molecular formula is C15H31NO4. The second-order valence-electron chi connectivity index (χ2n) is 5.99. The number of aliphatic hydroxyl groups is 1. The van der Waals surface area contributed by atoms with Gasteiger partial charge in [0.2, 0.25) is 0 Å². The van der Waals surface area contributed by atoms with Gasteiger partial charge in [0.05, 0.1) is 12.6 Å². The molecule has 5 nitrogen and oxygen atoms in total. The lowest BCUT2D eigenvalue weighted by Crippen LogP contribution is -2.41. The Labute approximate surface area is 123 Å². The molecule has 0 unspecified atom stereocenters. The Morgan fingerprint density at radius 2 is 1.85 bits per heavy atom. The van der Waals surface area contributed by atoms with Crippen LogP contribution in [0, 0.1) is 0 Å². The van der Waals surface area contributed by atoms with Crippen LogP contribution in [0.3, 0.4) is 0 Å². The molecule has 0 spiro atoms. The number of aliphatic hydroxyl groups excluding tert-OH is 1. The minimum Gasteiger partial charge on any atom is -0.444 e. The highest BCUT2D eigenvalue weighted by atomic mass is 16.6. The summed E-state index contributed by atoms with van der Waals surface area (Å²) in [6.45, 7) is 9.06. The van der Waals surface area contributed by atoms with Crippen molar-refractivity contribution >= 4 is 6.09 Å². The predicted molar refractivity (Wildman–Crippen MR) is 79.8 cm³/mol. The van der Waals surface area contributed by atoms with Crippen molar-refractivity contribution in [2.24, 2.45) is 0 Å². The second-order valence-corrected chi connectivity index (χ2v) is 5.99. The molecule has 0 aliphatic rings. The van der Waals surface area contributed by atoms with E-state index in [0.717, 1.165) is 45.3 Å². The molecule has 0 fully saturated rings. The lowest BCUT2D eigenvalue weighted by molar-refractivity contribution is 0.0477. The van der Waals surface area contributed by atoms with E-state index in [2.05, 4.69) is 12.2 Å². The fraction of sp³-hybridized carbons (Fsp3) is 0.933. The largest absolute Gasteiger partial charge is 0.444 e. The van der Waals surface area contributed by atoms with E-state index in [1.54, 1.807) is 0 Å². The van der Waals surface area contributed by atoms with E-state index in [1.165, 1.54) is 0 Å². The summed E-state index contributed by atoms with van der Waals surface area (Å²) in [5.74, 6) is 0. The maximum absolute atomic E-state index is 11.6. The third-order valence-corrected chi connectivity index (χ3v) is 2.67. The van der Waals surface area contributed by atoms with E-state index >= 15 is 0 Å². The molecule has 0 aromatic rings. The first-order valence-corrected chi connectivity index (χ1v) is 7.57. The van der Waals surface area contributed by atoms with Crippen molar-refractivity contribution < 1.29 is 19.4 Å². The van der Waals surface area contributed by atoms with Gasteiger partial charge in [-0.2, -0.15) is 0 Å². The molecule has 20 heavy (non-hydrogen) atoms. The number of nitrogens with one attached hydrogen (secondary N) is 1. The molecule has 0 aliphatic carbocycles. The van der Waals surface area contributed by atoms with Crippen molar-refractivity contribution in [2.45, 2.75) is 71.4 Å². The van der Waals surface area contributed by atoms with Crippen molar-refractivity contribution in [2.75, 3.05) is 19.8 Å². The van der Waals surface area contributed by atoms with Crippen molar-refractivity contribution in [1.82, 2.24) is 5.32 Å². The molecule has 120 valence electrons. The first-order valence-electron chi connectivity index (χ1n) is 7.57. The van der Waals surface area contributed by atoms with Gasteiger partial charge in [0.15, 0.2) is 0 Å². The summed E-state index contributed by atoms with van der Waals surface area (Å²) < 4.78 is 10.6. The molecule has 0 bridgehead atoms. The Hall–Kier alpha value is -0.810. The maximum atomic E-state index is 11.6. The summed E-state index contributed by atoms with van der Waals surface area (Å²) in [4.78, 5) is 11.6. The highest BCUT2D eigenvalue weighted by molar-refractivity contribution is 5.68. The van der Waals surface area contributed by atoms with Crippen LogP contribution in [0.2, 0.25) is 0 Å². The number of amides is 1. The van der Waals surface area contributed by atoms with Crippen LogP contribution in [0.25, 0.3) is 0 Å². The standard InChI is InChI=1S/C15H31NO4/c1-5-6-10-19-11-8-7-9-13(12-17)16-14(18)20-15(2,3)4/h13,17H,5-12H2,1-4H3,(H,16,18)/t13-/m0/s1. The molecule has 1 amide bonds. The Kier molecular flexibility index (Phi) is 10.5. The normalized spacial score (nSPS) is 13.1. The fourth-order valence-electron chi connectivity index (χ4n) is 1.63. The molecule has 0 saturated heterocycles. The van der Waals surface area contributed by atoms with Crippen LogP contribution in [0.4, 0.5) is 4.79 Å². The zero-order chi connectivity index (χ0) is 15.4. The zero-order valence-electron chi connectivity index (χ0n) is 13.4. The predicted octanol–water partition coefficient (Wildman–Crippen LogP) is 2.86. The smallest absolute Gasteiger partial charge is 0.407 e. The highest BCUT2D eigenvalue weighted by Gasteiger charge is 2.18. The van der Waals surface area contributed by atoms with E-state index < -0.39 is 11.7 Å². The first kappa shape index (κ1) is 19.2. The van der Waals surface area contributed by atoms with Gasteiger partial charge in [-0.1, -0.05) is 13.3 Å². The van der Waals surface area contributed by atoms with E-state index in [0.29, 0.717) is 0 Å². The quantitative estimate of drug-likeness (QED) is 0.607. The molecule has 2 N–H and O–H groups in total. The number of rotatable bonds is 10. The Morgan fingerprint density at radius 1 is 1.20 bits per heavy atom. The SMILES string of the molecule is CCCCOCCCC[C@@H](CO)NC(=O)OC(C)(C)C. The fourth-order valence-corrected chi connectivity index (χ4v) is 1.63. The monoisotopic (exact) mass is 289 g/mol. The van der Waals surface area contributed by atoms with Crippen LogP contribution in [-0.4, -0.2) is 42.7 Å². The van der Waals surface area contributed by atoms with Gasteiger partial charge in [-0.3, -0.25) is 0 Å². The van der Waals surface area contributed by atoms with Crippen LogP contribution < -0.4 is 5.32 Å². The maximum Gasteiger partial charge on any atom is 0.407 e. The third kappa shape index (κ3) is 12.2. The molecule has 0 aliphatic heterocycles. The summed E-state index contributed by atoms with van der Waals surface area (Å²) in [7, 11) is 0. The van der Waals surface area contributed by atoms with Gasteiger partial charge in [-0.15, -0.1) is 0 Å². The average molecular weight is 289 g/mol. The zero-order valence-corrected chi connectivity index (χ0v) is 13.4. The van der Waals surface area contributed by atoms with Crippen molar-refractivity contribution in [1.29, 1.82) is 0 Å². The number of carbonyl (C=O) groups excluding carboxylic acids is 1. The number of unbranched alkanes of at least 4 members (excludes halogenated alkanes) is 2. The van der Waals surface area contributed by atoms with E-state index in [4.69, 9.17) is 9.47 Å². The molecule has 0 aromatic carbocycles. The minimum atomic E-state index is -0.517. The van der Waals surface area contributed by atoms with Gasteiger partial charge < -0.3 is 19.9 Å². The number of carbonyl (C=O) groups is 1. The molecule has 0 saturated carbocycles. The Balaban J connectivity index is 3.69. The number of hydrogen-bond acceptors (Lipinski definition) is 4. The van der Waals surface area contributed by atoms with E-state index in [9.17, 15) is 9.90 Å². The topological polar surface area (TPSA) is 67.8 Å². The minimum absolute atomic E-state index is 0.0735. The number of ether oxygens (including phenoxy) is 2. The summed E-state index contributed by atoms with van der Waals surface area (Å²) >= 11 is 0. The van der Waals surface area contributed by atoms with Gasteiger partial charge >= 0.3 is 6.09 Å². The van der Waals surface area contributed by atoms with Gasteiger partial charge in [-0.25, -0.2) is 4.79 Å².